The summed E-state index contributed by atoms with van der Waals surface area (Å²) in [6.07, 6.45) is 0. The van der Waals surface area contributed by atoms with Crippen LogP contribution in [0.15, 0.2) is 40.9 Å². The van der Waals surface area contributed by atoms with Gasteiger partial charge in [-0.1, -0.05) is 22.0 Å². The average molecular weight is 331 g/mol. The van der Waals surface area contributed by atoms with E-state index in [0.29, 0.717) is 6.54 Å². The van der Waals surface area contributed by atoms with Gasteiger partial charge in [-0.05, 0) is 55.3 Å². The van der Waals surface area contributed by atoms with Gasteiger partial charge in [-0.25, -0.2) is 0 Å². The molecule has 1 heterocycles. The Kier molecular flexibility index (Phi) is 3.26. The molecule has 0 fully saturated rings. The van der Waals surface area contributed by atoms with Gasteiger partial charge in [0.25, 0.3) is 0 Å². The average Bonchev–Trinajstić information content (AvgIpc) is 2.41. The van der Waals surface area contributed by atoms with Crippen molar-refractivity contribution in [1.29, 1.82) is 0 Å². The molecule has 0 radical (unpaired) electrons. The van der Waals surface area contributed by atoms with E-state index < -0.39 is 0 Å². The van der Waals surface area contributed by atoms with Crippen molar-refractivity contribution in [3.05, 3.63) is 52.0 Å². The lowest BCUT2D eigenvalue weighted by molar-refractivity contribution is -0.115. The summed E-state index contributed by atoms with van der Waals surface area (Å²) in [7, 11) is 0. The van der Waals surface area contributed by atoms with Gasteiger partial charge in [0.2, 0.25) is 5.91 Å². The highest BCUT2D eigenvalue weighted by molar-refractivity contribution is 9.10. The summed E-state index contributed by atoms with van der Waals surface area (Å²) in [5, 5.41) is 2.91. The highest BCUT2D eigenvalue weighted by atomic mass is 79.9. The highest BCUT2D eigenvalue weighted by Gasteiger charge is 2.23. The van der Waals surface area contributed by atoms with Crippen LogP contribution < -0.4 is 10.2 Å². The normalized spacial score (nSPS) is 13.9. The standard InChI is InChI=1S/C16H15BrN2O/c1-10-3-5-13(7-11(10)2)19-9-16(20)18-14-6-4-12(17)8-15(14)19/h3-8H,9H2,1-2H3,(H,18,20). The Balaban J connectivity index is 2.12. The Morgan fingerprint density at radius 3 is 2.65 bits per heavy atom. The van der Waals surface area contributed by atoms with Crippen LogP contribution in [0.3, 0.4) is 0 Å². The second-order valence-electron chi connectivity index (χ2n) is 5.06. The lowest BCUT2D eigenvalue weighted by Crippen LogP contribution is -2.35. The zero-order valence-electron chi connectivity index (χ0n) is 11.4. The van der Waals surface area contributed by atoms with E-state index in [-0.39, 0.29) is 5.91 Å². The van der Waals surface area contributed by atoms with Crippen molar-refractivity contribution in [3.8, 4) is 0 Å². The minimum atomic E-state index is 0.0121. The fraction of sp³-hybridized carbons (Fsp3) is 0.188. The number of hydrogen-bond acceptors (Lipinski definition) is 2. The predicted octanol–water partition coefficient (Wildman–Crippen LogP) is 4.16. The van der Waals surface area contributed by atoms with Gasteiger partial charge in [-0.15, -0.1) is 0 Å². The quantitative estimate of drug-likeness (QED) is 0.851. The third-order valence-electron chi connectivity index (χ3n) is 3.63. The molecule has 3 rings (SSSR count). The molecule has 3 nitrogen and oxygen atoms in total. The summed E-state index contributed by atoms with van der Waals surface area (Å²) in [6.45, 7) is 4.52. The molecule has 1 aliphatic rings. The summed E-state index contributed by atoms with van der Waals surface area (Å²) >= 11 is 3.49. The summed E-state index contributed by atoms with van der Waals surface area (Å²) < 4.78 is 1.00. The molecule has 1 aliphatic heterocycles. The van der Waals surface area contributed by atoms with Crippen LogP contribution in [0.4, 0.5) is 17.1 Å². The van der Waals surface area contributed by atoms with Gasteiger partial charge < -0.3 is 10.2 Å². The molecule has 4 heteroatoms. The van der Waals surface area contributed by atoms with Gasteiger partial charge >= 0.3 is 0 Å². The van der Waals surface area contributed by atoms with Crippen LogP contribution in [-0.2, 0) is 4.79 Å². The second-order valence-corrected chi connectivity index (χ2v) is 5.98. The van der Waals surface area contributed by atoms with E-state index in [2.05, 4.69) is 53.3 Å². The number of amides is 1. The Hall–Kier alpha value is -1.81. The van der Waals surface area contributed by atoms with E-state index in [9.17, 15) is 4.79 Å². The summed E-state index contributed by atoms with van der Waals surface area (Å²) in [5.41, 5.74) is 5.39. The molecule has 0 saturated carbocycles. The van der Waals surface area contributed by atoms with E-state index >= 15 is 0 Å². The number of hydrogen-bond donors (Lipinski definition) is 1. The molecule has 0 unspecified atom stereocenters. The van der Waals surface area contributed by atoms with Crippen LogP contribution in [0.25, 0.3) is 0 Å². The van der Waals surface area contributed by atoms with Crippen LogP contribution in [0.5, 0.6) is 0 Å². The minimum Gasteiger partial charge on any atom is -0.330 e. The highest BCUT2D eigenvalue weighted by Crippen LogP contribution is 2.37. The number of fused-ring (bicyclic) bond motifs is 1. The van der Waals surface area contributed by atoms with E-state index in [1.54, 1.807) is 0 Å². The van der Waals surface area contributed by atoms with Crippen molar-refractivity contribution in [1.82, 2.24) is 0 Å². The van der Waals surface area contributed by atoms with Gasteiger partial charge in [-0.2, -0.15) is 0 Å². The number of nitrogens with zero attached hydrogens (tertiary/aromatic N) is 1. The maximum absolute atomic E-state index is 11.9. The molecule has 0 aliphatic carbocycles. The van der Waals surface area contributed by atoms with Crippen LogP contribution in [-0.4, -0.2) is 12.5 Å². The molecule has 2 aromatic rings. The Labute approximate surface area is 126 Å². The minimum absolute atomic E-state index is 0.0121. The summed E-state index contributed by atoms with van der Waals surface area (Å²) in [6, 6.07) is 12.2. The first-order chi connectivity index (χ1) is 9.54. The molecule has 0 bridgehead atoms. The summed E-state index contributed by atoms with van der Waals surface area (Å²) in [4.78, 5) is 13.9. The molecule has 1 amide bonds. The summed E-state index contributed by atoms with van der Waals surface area (Å²) in [5.74, 6) is 0.0121. The van der Waals surface area contributed by atoms with Gasteiger partial charge in [0, 0.05) is 10.2 Å². The second kappa shape index (κ2) is 4.94. The maximum atomic E-state index is 11.9. The molecule has 0 aromatic heterocycles. The number of halogens is 1. The smallest absolute Gasteiger partial charge is 0.244 e. The zero-order valence-corrected chi connectivity index (χ0v) is 13.0. The molecule has 1 N–H and O–H groups in total. The number of anilines is 3. The third kappa shape index (κ3) is 2.31. The number of carbonyl (C=O) groups is 1. The van der Waals surface area contributed by atoms with Crippen molar-refractivity contribution in [2.45, 2.75) is 13.8 Å². The number of carbonyl (C=O) groups excluding carboxylic acids is 1. The molecule has 0 atom stereocenters. The number of benzene rings is 2. The van der Waals surface area contributed by atoms with Crippen molar-refractivity contribution in [3.63, 3.8) is 0 Å². The Bertz CT molecular complexity index is 697. The lowest BCUT2D eigenvalue weighted by Gasteiger charge is -2.31. The van der Waals surface area contributed by atoms with Crippen LogP contribution in [0, 0.1) is 13.8 Å². The topological polar surface area (TPSA) is 32.3 Å². The van der Waals surface area contributed by atoms with Crippen LogP contribution in [0.2, 0.25) is 0 Å². The van der Waals surface area contributed by atoms with Crippen molar-refractivity contribution in [2.75, 3.05) is 16.8 Å². The van der Waals surface area contributed by atoms with Crippen molar-refractivity contribution >= 4 is 38.9 Å². The molecule has 2 aromatic carbocycles. The fourth-order valence-electron chi connectivity index (χ4n) is 2.38. The van der Waals surface area contributed by atoms with E-state index in [1.807, 2.05) is 23.1 Å². The maximum Gasteiger partial charge on any atom is 0.244 e. The van der Waals surface area contributed by atoms with E-state index in [0.717, 1.165) is 21.5 Å². The van der Waals surface area contributed by atoms with Gasteiger partial charge in [-0.3, -0.25) is 4.79 Å². The van der Waals surface area contributed by atoms with E-state index in [1.165, 1.54) is 11.1 Å². The van der Waals surface area contributed by atoms with Crippen LogP contribution >= 0.6 is 15.9 Å². The first-order valence-electron chi connectivity index (χ1n) is 6.49. The Morgan fingerprint density at radius 2 is 1.90 bits per heavy atom. The van der Waals surface area contributed by atoms with Gasteiger partial charge in [0.1, 0.15) is 6.54 Å². The van der Waals surface area contributed by atoms with Gasteiger partial charge in [0.15, 0.2) is 0 Å². The molecular formula is C16H15BrN2O. The fourth-order valence-corrected chi connectivity index (χ4v) is 2.73. The monoisotopic (exact) mass is 330 g/mol. The molecular weight excluding hydrogens is 316 g/mol. The van der Waals surface area contributed by atoms with Gasteiger partial charge in [0.05, 0.1) is 11.4 Å². The largest absolute Gasteiger partial charge is 0.330 e. The van der Waals surface area contributed by atoms with E-state index in [4.69, 9.17) is 0 Å². The number of nitrogens with one attached hydrogen (secondary N) is 1. The number of aryl methyl sites for hydroxylation is 2. The van der Waals surface area contributed by atoms with Crippen LogP contribution in [0.1, 0.15) is 11.1 Å². The predicted molar refractivity (Wildman–Crippen MR) is 85.7 cm³/mol. The lowest BCUT2D eigenvalue weighted by atomic mass is 10.1. The first kappa shape index (κ1) is 13.2. The molecule has 0 saturated heterocycles. The SMILES string of the molecule is Cc1ccc(N2CC(=O)Nc3ccc(Br)cc32)cc1C. The zero-order chi connectivity index (χ0) is 14.3. The Morgan fingerprint density at radius 1 is 1.10 bits per heavy atom. The molecule has 20 heavy (non-hydrogen) atoms. The molecule has 0 spiro atoms. The number of rotatable bonds is 1. The third-order valence-corrected chi connectivity index (χ3v) is 4.12. The molecule has 102 valence electrons. The first-order valence-corrected chi connectivity index (χ1v) is 7.28. The van der Waals surface area contributed by atoms with Crippen molar-refractivity contribution in [2.24, 2.45) is 0 Å². The van der Waals surface area contributed by atoms with Crippen molar-refractivity contribution < 1.29 is 4.79 Å².